The molecule has 0 amide bonds. The van der Waals surface area contributed by atoms with E-state index in [1.54, 1.807) is 6.92 Å². The van der Waals surface area contributed by atoms with Gasteiger partial charge in [0.1, 0.15) is 0 Å². The number of alkyl halides is 3. The van der Waals surface area contributed by atoms with Crippen LogP contribution in [0.2, 0.25) is 0 Å². The predicted molar refractivity (Wildman–Crippen MR) is 36.2 cm³/mol. The van der Waals surface area contributed by atoms with Crippen molar-refractivity contribution in [3.63, 3.8) is 0 Å². The Hall–Kier alpha value is -0.250. The van der Waals surface area contributed by atoms with Crippen LogP contribution in [0.3, 0.4) is 0 Å². The van der Waals surface area contributed by atoms with Crippen LogP contribution in [0.25, 0.3) is 0 Å². The van der Waals surface area contributed by atoms with Crippen molar-refractivity contribution in [3.8, 4) is 0 Å². The first-order valence-corrected chi connectivity index (χ1v) is 3.63. The van der Waals surface area contributed by atoms with Crippen LogP contribution in [0.15, 0.2) is 0 Å². The lowest BCUT2D eigenvalue weighted by Crippen LogP contribution is -2.08. The van der Waals surface area contributed by atoms with E-state index in [2.05, 4.69) is 0 Å². The molecule has 0 aliphatic rings. The zero-order chi connectivity index (χ0) is 8.91. The Bertz CT molecular complexity index is 100. The lowest BCUT2D eigenvalue weighted by Gasteiger charge is -2.08. The second-order valence-corrected chi connectivity index (χ2v) is 2.80. The average Bonchev–Trinajstić information content (AvgIpc) is 1.85. The third-order valence-corrected chi connectivity index (χ3v) is 1.47. The third-order valence-electron chi connectivity index (χ3n) is 1.47. The number of rotatable bonds is 4. The van der Waals surface area contributed by atoms with Gasteiger partial charge in [-0.2, -0.15) is 13.2 Å². The van der Waals surface area contributed by atoms with E-state index in [-0.39, 0.29) is 18.9 Å². The summed E-state index contributed by atoms with van der Waals surface area (Å²) in [6.07, 6.45) is -4.23. The van der Waals surface area contributed by atoms with Crippen molar-refractivity contribution in [2.45, 2.75) is 32.4 Å². The lowest BCUT2D eigenvalue weighted by atomic mass is 10.1. The minimum atomic E-state index is -4.05. The summed E-state index contributed by atoms with van der Waals surface area (Å²) in [5, 5.41) is 8.48. The average molecular weight is 170 g/mol. The maximum absolute atomic E-state index is 11.5. The van der Waals surface area contributed by atoms with Gasteiger partial charge in [-0.1, -0.05) is 6.92 Å². The van der Waals surface area contributed by atoms with Crippen molar-refractivity contribution < 1.29 is 18.3 Å². The van der Waals surface area contributed by atoms with Gasteiger partial charge < -0.3 is 5.11 Å². The molecule has 0 rings (SSSR count). The summed E-state index contributed by atoms with van der Waals surface area (Å²) in [5.74, 6) is -0.0163. The molecule has 0 unspecified atom stereocenters. The Balaban J connectivity index is 3.28. The topological polar surface area (TPSA) is 20.2 Å². The second kappa shape index (κ2) is 4.59. The molecule has 0 saturated carbocycles. The second-order valence-electron chi connectivity index (χ2n) is 2.80. The van der Waals surface area contributed by atoms with Gasteiger partial charge in [-0.15, -0.1) is 0 Å². The van der Waals surface area contributed by atoms with Crippen LogP contribution >= 0.6 is 0 Å². The maximum Gasteiger partial charge on any atom is 0.389 e. The van der Waals surface area contributed by atoms with Gasteiger partial charge in [0.2, 0.25) is 0 Å². The van der Waals surface area contributed by atoms with Gasteiger partial charge in [-0.25, -0.2) is 0 Å². The van der Waals surface area contributed by atoms with Crippen LogP contribution in [0.5, 0.6) is 0 Å². The van der Waals surface area contributed by atoms with Crippen molar-refractivity contribution >= 4 is 0 Å². The first kappa shape index (κ1) is 10.8. The van der Waals surface area contributed by atoms with Crippen molar-refractivity contribution in [2.24, 2.45) is 5.92 Å². The van der Waals surface area contributed by atoms with E-state index in [0.29, 0.717) is 6.42 Å². The monoisotopic (exact) mass is 170 g/mol. The summed E-state index contributed by atoms with van der Waals surface area (Å²) in [4.78, 5) is 0. The quantitative estimate of drug-likeness (QED) is 0.686. The normalized spacial score (nSPS) is 15.0. The molecule has 0 aliphatic carbocycles. The van der Waals surface area contributed by atoms with E-state index < -0.39 is 12.6 Å². The fourth-order valence-electron chi connectivity index (χ4n) is 0.742. The minimum Gasteiger partial charge on any atom is -0.396 e. The van der Waals surface area contributed by atoms with Crippen molar-refractivity contribution in [3.05, 3.63) is 0 Å². The number of hydrogen-bond donors (Lipinski definition) is 1. The number of hydrogen-bond acceptors (Lipinski definition) is 1. The maximum atomic E-state index is 11.5. The number of halogens is 3. The molecule has 11 heavy (non-hydrogen) atoms. The van der Waals surface area contributed by atoms with Gasteiger partial charge in [-0.3, -0.25) is 0 Å². The van der Waals surface area contributed by atoms with Gasteiger partial charge >= 0.3 is 6.18 Å². The Kier molecular flexibility index (Phi) is 4.49. The van der Waals surface area contributed by atoms with Gasteiger partial charge in [0.15, 0.2) is 0 Å². The minimum absolute atomic E-state index is 0.0163. The molecule has 0 aromatic heterocycles. The standard InChI is InChI=1S/C7H13F3O/c1-6(5-11)3-2-4-7(8,9)10/h6,11H,2-5H2,1H3/t6-/m0/s1. The smallest absolute Gasteiger partial charge is 0.389 e. The van der Waals surface area contributed by atoms with E-state index in [1.807, 2.05) is 0 Å². The fourth-order valence-corrected chi connectivity index (χ4v) is 0.742. The summed E-state index contributed by atoms with van der Waals surface area (Å²) < 4.78 is 34.6. The molecule has 0 aromatic rings. The van der Waals surface area contributed by atoms with Crippen LogP contribution in [0, 0.1) is 5.92 Å². The summed E-state index contributed by atoms with van der Waals surface area (Å²) in [6.45, 7) is 1.70. The summed E-state index contributed by atoms with van der Waals surface area (Å²) in [6, 6.07) is 0. The largest absolute Gasteiger partial charge is 0.396 e. The summed E-state index contributed by atoms with van der Waals surface area (Å²) in [7, 11) is 0. The molecule has 0 heterocycles. The molecule has 1 N–H and O–H groups in total. The Morgan fingerprint density at radius 2 is 1.91 bits per heavy atom. The molecular weight excluding hydrogens is 157 g/mol. The summed E-state index contributed by atoms with van der Waals surface area (Å²) in [5.41, 5.74) is 0. The molecular formula is C7H13F3O. The fraction of sp³-hybridized carbons (Fsp3) is 1.00. The predicted octanol–water partition coefficient (Wildman–Crippen LogP) is 2.35. The van der Waals surface area contributed by atoms with Gasteiger partial charge in [0, 0.05) is 13.0 Å². The van der Waals surface area contributed by atoms with Crippen LogP contribution in [0.1, 0.15) is 26.2 Å². The van der Waals surface area contributed by atoms with E-state index in [4.69, 9.17) is 5.11 Å². The first-order valence-electron chi connectivity index (χ1n) is 3.63. The van der Waals surface area contributed by atoms with Gasteiger partial charge in [0.25, 0.3) is 0 Å². The Labute approximate surface area is 64.2 Å². The zero-order valence-electron chi connectivity index (χ0n) is 6.49. The van der Waals surface area contributed by atoms with Crippen LogP contribution in [0.4, 0.5) is 13.2 Å². The third kappa shape index (κ3) is 7.65. The van der Waals surface area contributed by atoms with Crippen LogP contribution < -0.4 is 0 Å². The van der Waals surface area contributed by atoms with Crippen molar-refractivity contribution in [1.82, 2.24) is 0 Å². The molecule has 0 aromatic carbocycles. The lowest BCUT2D eigenvalue weighted by molar-refractivity contribution is -0.136. The molecule has 0 radical (unpaired) electrons. The van der Waals surface area contributed by atoms with E-state index in [0.717, 1.165) is 0 Å². The van der Waals surface area contributed by atoms with Crippen molar-refractivity contribution in [2.75, 3.05) is 6.61 Å². The van der Waals surface area contributed by atoms with Crippen LogP contribution in [-0.4, -0.2) is 17.9 Å². The molecule has 1 atom stereocenters. The molecule has 1 nitrogen and oxygen atoms in total. The SMILES string of the molecule is C[C@H](CO)CCCC(F)(F)F. The highest BCUT2D eigenvalue weighted by molar-refractivity contribution is 4.55. The van der Waals surface area contributed by atoms with Crippen LogP contribution in [-0.2, 0) is 0 Å². The zero-order valence-corrected chi connectivity index (χ0v) is 6.49. The Morgan fingerprint density at radius 1 is 1.36 bits per heavy atom. The van der Waals surface area contributed by atoms with Gasteiger partial charge in [-0.05, 0) is 18.8 Å². The van der Waals surface area contributed by atoms with E-state index >= 15 is 0 Å². The Morgan fingerprint density at radius 3 is 2.27 bits per heavy atom. The number of aliphatic hydroxyl groups excluding tert-OH is 1. The van der Waals surface area contributed by atoms with E-state index in [9.17, 15) is 13.2 Å². The molecule has 4 heteroatoms. The molecule has 0 spiro atoms. The highest BCUT2D eigenvalue weighted by atomic mass is 19.4. The molecule has 0 bridgehead atoms. The highest BCUT2D eigenvalue weighted by Crippen LogP contribution is 2.23. The summed E-state index contributed by atoms with van der Waals surface area (Å²) >= 11 is 0. The molecule has 68 valence electrons. The van der Waals surface area contributed by atoms with Crippen molar-refractivity contribution in [1.29, 1.82) is 0 Å². The highest BCUT2D eigenvalue weighted by Gasteiger charge is 2.26. The first-order chi connectivity index (χ1) is 4.95. The number of aliphatic hydroxyl groups is 1. The molecule has 0 saturated heterocycles. The molecule has 0 fully saturated rings. The van der Waals surface area contributed by atoms with E-state index in [1.165, 1.54) is 0 Å². The molecule has 0 aliphatic heterocycles. The van der Waals surface area contributed by atoms with Gasteiger partial charge in [0.05, 0.1) is 0 Å².